The summed E-state index contributed by atoms with van der Waals surface area (Å²) >= 11 is 0. The molecule has 0 fully saturated rings. The Morgan fingerprint density at radius 1 is 0.750 bits per heavy atom. The van der Waals surface area contributed by atoms with Crippen molar-refractivity contribution < 1.29 is 20.1 Å². The molecule has 1 radical (unpaired) electrons. The minimum Gasteiger partial charge on any atom is -0.464 e. The summed E-state index contributed by atoms with van der Waals surface area (Å²) in [5, 5.41) is 7.77. The van der Waals surface area contributed by atoms with E-state index in [1.165, 1.54) is 10.8 Å². The zero-order valence-corrected chi connectivity index (χ0v) is 19.7. The zero-order chi connectivity index (χ0) is 20.9. The Morgan fingerprint density at radius 2 is 1.56 bits per heavy atom. The maximum atomic E-state index is 4.76. The third-order valence-corrected chi connectivity index (χ3v) is 5.09. The molecule has 0 saturated heterocycles. The molecule has 32 heavy (non-hydrogen) atoms. The van der Waals surface area contributed by atoms with Crippen LogP contribution in [0.5, 0.6) is 0 Å². The number of hydrogen-bond donors (Lipinski definition) is 0. The molecule has 1 aliphatic rings. The molecule has 159 valence electrons. The molecule has 5 aromatic rings. The molecule has 6 rings (SSSR count). The van der Waals surface area contributed by atoms with E-state index in [4.69, 9.17) is 4.98 Å². The summed E-state index contributed by atoms with van der Waals surface area (Å²) in [6.45, 7) is 1.62. The predicted molar refractivity (Wildman–Crippen MR) is 127 cm³/mol. The van der Waals surface area contributed by atoms with Crippen molar-refractivity contribution in [1.82, 2.24) is 9.97 Å². The van der Waals surface area contributed by atoms with Gasteiger partial charge in [-0.1, -0.05) is 79.1 Å². The second-order valence-corrected chi connectivity index (χ2v) is 7.13. The fourth-order valence-corrected chi connectivity index (χ4v) is 3.60. The van der Waals surface area contributed by atoms with Gasteiger partial charge in [0.15, 0.2) is 0 Å². The van der Waals surface area contributed by atoms with E-state index < -0.39 is 0 Å². The molecule has 0 unspecified atom stereocenters. The molecule has 0 spiro atoms. The number of pyridine rings is 2. The van der Waals surface area contributed by atoms with Crippen LogP contribution in [0.3, 0.4) is 0 Å². The third-order valence-electron chi connectivity index (χ3n) is 5.09. The normalized spacial score (nSPS) is 12.3. The number of para-hydroxylation sites is 1. The quantitative estimate of drug-likeness (QED) is 0.234. The largest absolute Gasteiger partial charge is 0.464 e. The Morgan fingerprint density at radius 3 is 2.38 bits per heavy atom. The average Bonchev–Trinajstić information content (AvgIpc) is 3.40. The van der Waals surface area contributed by atoms with Gasteiger partial charge in [0.2, 0.25) is 0 Å². The predicted octanol–water partition coefficient (Wildman–Crippen LogP) is 6.07. The van der Waals surface area contributed by atoms with Crippen LogP contribution in [0.1, 0.15) is 5.69 Å². The minimum absolute atomic E-state index is 0. The molecule has 3 aromatic carbocycles. The monoisotopic (exact) mass is 593 g/mol. The SMILES string of the molecule is [Ir].[c-]1ccc2ccccc2c1-c1ccc2ccccc2n1.c1ccc(C2=NCC[N-]2)nc1. The molecule has 0 amide bonds. The smallest absolute Gasteiger partial charge is 0.0615 e. The number of aliphatic imine (C=N–C) groups is 1. The van der Waals surface area contributed by atoms with Crippen molar-refractivity contribution in [3.05, 3.63) is 114 Å². The second-order valence-electron chi connectivity index (χ2n) is 7.13. The first kappa shape index (κ1) is 21.8. The standard InChI is InChI=1S/C19H12N.C8H8N3.Ir/c1-3-9-16-14(6-1)8-5-10-17(16)19-13-12-15-7-2-4-11-18(15)20-19;1-2-4-9-7(3-1)8-10-5-6-11-8;/h1-9,11-13H;1-4H,5-6H2;/q2*-1;. The molecule has 0 N–H and O–H groups in total. The summed E-state index contributed by atoms with van der Waals surface area (Å²) in [6.07, 6.45) is 1.76. The van der Waals surface area contributed by atoms with Gasteiger partial charge < -0.3 is 10.3 Å². The van der Waals surface area contributed by atoms with E-state index >= 15 is 0 Å². The first-order valence-electron chi connectivity index (χ1n) is 10.3. The van der Waals surface area contributed by atoms with Crippen LogP contribution in [0.15, 0.2) is 102 Å². The Kier molecular flexibility index (Phi) is 7.00. The van der Waals surface area contributed by atoms with Gasteiger partial charge in [0.1, 0.15) is 0 Å². The van der Waals surface area contributed by atoms with Crippen molar-refractivity contribution in [2.45, 2.75) is 0 Å². The van der Waals surface area contributed by atoms with Gasteiger partial charge in [-0.05, 0) is 35.1 Å². The van der Waals surface area contributed by atoms with Crippen LogP contribution in [0.4, 0.5) is 0 Å². The van der Waals surface area contributed by atoms with Gasteiger partial charge in [-0.3, -0.25) is 9.97 Å². The van der Waals surface area contributed by atoms with Crippen LogP contribution in [0.2, 0.25) is 0 Å². The second kappa shape index (κ2) is 10.3. The minimum atomic E-state index is 0. The van der Waals surface area contributed by atoms with Crippen molar-refractivity contribution in [2.24, 2.45) is 4.99 Å². The summed E-state index contributed by atoms with van der Waals surface area (Å²) in [4.78, 5) is 13.1. The molecule has 1 aliphatic heterocycles. The summed E-state index contributed by atoms with van der Waals surface area (Å²) in [5.74, 6) is 0.797. The van der Waals surface area contributed by atoms with Crippen molar-refractivity contribution in [2.75, 3.05) is 13.1 Å². The topological polar surface area (TPSA) is 52.2 Å². The summed E-state index contributed by atoms with van der Waals surface area (Å²) in [5.41, 5.74) is 3.94. The summed E-state index contributed by atoms with van der Waals surface area (Å²) in [7, 11) is 0. The average molecular weight is 593 g/mol. The number of hydrogen-bond acceptors (Lipinski definition) is 3. The molecule has 0 bridgehead atoms. The Labute approximate surface area is 200 Å². The summed E-state index contributed by atoms with van der Waals surface area (Å²) in [6, 6.07) is 33.9. The van der Waals surface area contributed by atoms with Gasteiger partial charge >= 0.3 is 0 Å². The Bertz CT molecular complexity index is 1360. The number of fused-ring (bicyclic) bond motifs is 2. The molecule has 5 heteroatoms. The van der Waals surface area contributed by atoms with Crippen molar-refractivity contribution in [3.63, 3.8) is 0 Å². The first-order valence-corrected chi connectivity index (χ1v) is 10.3. The van der Waals surface area contributed by atoms with E-state index in [9.17, 15) is 0 Å². The molecule has 0 saturated carbocycles. The van der Waals surface area contributed by atoms with E-state index in [-0.39, 0.29) is 20.1 Å². The Hall–Kier alpha value is -3.40. The van der Waals surface area contributed by atoms with Crippen molar-refractivity contribution in [3.8, 4) is 11.3 Å². The van der Waals surface area contributed by atoms with Crippen molar-refractivity contribution >= 4 is 27.5 Å². The molecular weight excluding hydrogens is 573 g/mol. The zero-order valence-electron chi connectivity index (χ0n) is 17.3. The molecule has 3 heterocycles. The maximum absolute atomic E-state index is 4.76. The van der Waals surface area contributed by atoms with Gasteiger partial charge in [-0.25, -0.2) is 0 Å². The van der Waals surface area contributed by atoms with Crippen LogP contribution in [0, 0.1) is 6.07 Å². The van der Waals surface area contributed by atoms with E-state index in [1.807, 2.05) is 42.5 Å². The van der Waals surface area contributed by atoms with Crippen LogP contribution in [0.25, 0.3) is 38.2 Å². The number of nitrogens with zero attached hydrogens (tertiary/aromatic N) is 4. The van der Waals surface area contributed by atoms with Gasteiger partial charge in [-0.2, -0.15) is 0 Å². The fourth-order valence-electron chi connectivity index (χ4n) is 3.60. The number of aromatic nitrogens is 2. The van der Waals surface area contributed by atoms with Crippen LogP contribution >= 0.6 is 0 Å². The molecule has 4 nitrogen and oxygen atoms in total. The summed E-state index contributed by atoms with van der Waals surface area (Å²) < 4.78 is 0. The molecule has 2 aromatic heterocycles. The van der Waals surface area contributed by atoms with Crippen LogP contribution < -0.4 is 0 Å². The van der Waals surface area contributed by atoms with E-state index in [1.54, 1.807) is 6.20 Å². The molecule has 0 aliphatic carbocycles. The van der Waals surface area contributed by atoms with Crippen LogP contribution in [-0.4, -0.2) is 28.9 Å². The van der Waals surface area contributed by atoms with Crippen LogP contribution in [-0.2, 0) is 20.1 Å². The first-order chi connectivity index (χ1) is 15.4. The molecule has 0 atom stereocenters. The number of benzene rings is 3. The van der Waals surface area contributed by atoms with Crippen molar-refractivity contribution in [1.29, 1.82) is 0 Å². The van der Waals surface area contributed by atoms with Gasteiger partial charge in [-0.15, -0.1) is 29.1 Å². The van der Waals surface area contributed by atoms with E-state index in [2.05, 4.69) is 69.9 Å². The third kappa shape index (κ3) is 4.75. The van der Waals surface area contributed by atoms with Gasteiger partial charge in [0.05, 0.1) is 11.2 Å². The fraction of sp³-hybridized carbons (Fsp3) is 0.0741. The Balaban J connectivity index is 0.000000174. The van der Waals surface area contributed by atoms with E-state index in [0.29, 0.717) is 0 Å². The number of amidine groups is 1. The van der Waals surface area contributed by atoms with Gasteiger partial charge in [0.25, 0.3) is 0 Å². The maximum Gasteiger partial charge on any atom is 0.0615 e. The molecular formula is C27H20IrN4-2. The number of rotatable bonds is 2. The van der Waals surface area contributed by atoms with E-state index in [0.717, 1.165) is 46.8 Å². The van der Waals surface area contributed by atoms with Gasteiger partial charge in [0, 0.05) is 26.3 Å².